The van der Waals surface area contributed by atoms with Crippen molar-refractivity contribution in [1.82, 2.24) is 0 Å². The molecule has 0 unspecified atom stereocenters. The molecule has 0 aromatic heterocycles. The third kappa shape index (κ3) is 5.79. The van der Waals surface area contributed by atoms with Gasteiger partial charge in [-0.15, -0.1) is 0 Å². The summed E-state index contributed by atoms with van der Waals surface area (Å²) in [5.74, 6) is -0.798. The molecule has 0 atom stereocenters. The highest BCUT2D eigenvalue weighted by Gasteiger charge is 2.34. The lowest BCUT2D eigenvalue weighted by Crippen LogP contribution is -2.38. The molecule has 0 fully saturated rings. The molecular formula is C22H17Cl2F3N2O3S. The van der Waals surface area contributed by atoms with Gasteiger partial charge in [-0.05, 0) is 55.0 Å². The molecule has 1 amide bonds. The number of halogens is 5. The lowest BCUT2D eigenvalue weighted by atomic mass is 10.2. The standard InChI is InChI=1S/C22H17Cl2F3N2O3S/c1-14-7-9-16(23)12-19(14)28-21(30)13-29(33(31,32)17-5-3-2-4-6-17)20-11-15(22(25,26)27)8-10-18(20)24/h2-12H,13H2,1H3,(H,28,30). The Morgan fingerprint density at radius 3 is 2.30 bits per heavy atom. The van der Waals surface area contributed by atoms with Crippen molar-refractivity contribution in [2.45, 2.75) is 18.0 Å². The molecule has 0 radical (unpaired) electrons. The molecule has 3 aromatic rings. The molecule has 174 valence electrons. The van der Waals surface area contributed by atoms with Crippen molar-refractivity contribution in [3.8, 4) is 0 Å². The summed E-state index contributed by atoms with van der Waals surface area (Å²) >= 11 is 12.1. The second-order valence-corrected chi connectivity index (χ2v) is 9.70. The molecule has 33 heavy (non-hydrogen) atoms. The van der Waals surface area contributed by atoms with Crippen molar-refractivity contribution in [2.75, 3.05) is 16.2 Å². The third-order valence-electron chi connectivity index (χ3n) is 4.63. The summed E-state index contributed by atoms with van der Waals surface area (Å²) in [5.41, 5.74) is -0.600. The number of hydrogen-bond acceptors (Lipinski definition) is 3. The van der Waals surface area contributed by atoms with Gasteiger partial charge in [-0.25, -0.2) is 8.42 Å². The van der Waals surface area contributed by atoms with E-state index in [1.807, 2.05) is 0 Å². The number of carbonyl (C=O) groups is 1. The molecule has 0 bridgehead atoms. The molecule has 0 aliphatic carbocycles. The van der Waals surface area contributed by atoms with Gasteiger partial charge in [0.15, 0.2) is 0 Å². The van der Waals surface area contributed by atoms with Crippen LogP contribution in [0.25, 0.3) is 0 Å². The first-order valence-electron chi connectivity index (χ1n) is 9.40. The molecular weight excluding hydrogens is 500 g/mol. The van der Waals surface area contributed by atoms with Gasteiger partial charge in [0.05, 0.1) is 21.2 Å². The normalized spacial score (nSPS) is 11.8. The molecule has 0 aliphatic heterocycles. The van der Waals surface area contributed by atoms with Crippen molar-refractivity contribution in [3.05, 3.63) is 87.9 Å². The Kier molecular flexibility index (Phi) is 7.26. The number of sulfonamides is 1. The predicted octanol–water partition coefficient (Wildman–Crippen LogP) is 6.15. The average molecular weight is 517 g/mol. The number of rotatable bonds is 6. The quantitative estimate of drug-likeness (QED) is 0.426. The van der Waals surface area contributed by atoms with Gasteiger partial charge in [0, 0.05) is 10.7 Å². The van der Waals surface area contributed by atoms with E-state index >= 15 is 0 Å². The van der Waals surface area contributed by atoms with Crippen LogP contribution in [0.2, 0.25) is 10.0 Å². The fourth-order valence-corrected chi connectivity index (χ4v) is 4.84. The highest BCUT2D eigenvalue weighted by Crippen LogP contribution is 2.37. The van der Waals surface area contributed by atoms with Crippen molar-refractivity contribution < 1.29 is 26.4 Å². The summed E-state index contributed by atoms with van der Waals surface area (Å²) in [6, 6.07) is 14.0. The summed E-state index contributed by atoms with van der Waals surface area (Å²) in [6.07, 6.45) is -4.75. The molecule has 0 aliphatic rings. The Morgan fingerprint density at radius 2 is 1.67 bits per heavy atom. The van der Waals surface area contributed by atoms with E-state index in [1.165, 1.54) is 30.3 Å². The topological polar surface area (TPSA) is 66.5 Å². The van der Waals surface area contributed by atoms with Crippen LogP contribution >= 0.6 is 23.2 Å². The molecule has 3 rings (SSSR count). The number of hydrogen-bond donors (Lipinski definition) is 1. The molecule has 5 nitrogen and oxygen atoms in total. The van der Waals surface area contributed by atoms with Crippen LogP contribution in [0.5, 0.6) is 0 Å². The highest BCUT2D eigenvalue weighted by molar-refractivity contribution is 7.92. The SMILES string of the molecule is Cc1ccc(Cl)cc1NC(=O)CN(c1cc(C(F)(F)F)ccc1Cl)S(=O)(=O)c1ccccc1. The fraction of sp³-hybridized carbons (Fsp3) is 0.136. The van der Waals surface area contributed by atoms with Crippen LogP contribution in [0, 0.1) is 6.92 Å². The number of nitrogens with one attached hydrogen (secondary N) is 1. The zero-order valence-corrected chi connectivity index (χ0v) is 19.4. The lowest BCUT2D eigenvalue weighted by molar-refractivity contribution is -0.137. The van der Waals surface area contributed by atoms with Gasteiger partial charge in [0.1, 0.15) is 6.54 Å². The number of nitrogens with zero attached hydrogens (tertiary/aromatic N) is 1. The van der Waals surface area contributed by atoms with Gasteiger partial charge in [0.25, 0.3) is 10.0 Å². The van der Waals surface area contributed by atoms with Crippen LogP contribution in [0.4, 0.5) is 24.5 Å². The molecule has 0 saturated carbocycles. The van der Waals surface area contributed by atoms with E-state index in [9.17, 15) is 26.4 Å². The Balaban J connectivity index is 2.07. The maximum Gasteiger partial charge on any atom is 0.416 e. The molecule has 0 spiro atoms. The van der Waals surface area contributed by atoms with Gasteiger partial charge in [-0.3, -0.25) is 9.10 Å². The maximum atomic E-state index is 13.3. The molecule has 0 heterocycles. The summed E-state index contributed by atoms with van der Waals surface area (Å²) in [5, 5.41) is 2.61. The fourth-order valence-electron chi connectivity index (χ4n) is 2.95. The van der Waals surface area contributed by atoms with Crippen LogP contribution in [0.3, 0.4) is 0 Å². The molecule has 11 heteroatoms. The number of carbonyl (C=O) groups excluding carboxylic acids is 1. The third-order valence-corrected chi connectivity index (χ3v) is 6.96. The van der Waals surface area contributed by atoms with E-state index in [0.29, 0.717) is 26.6 Å². The first kappa shape index (κ1) is 24.9. The first-order chi connectivity index (χ1) is 15.4. The average Bonchev–Trinajstić information content (AvgIpc) is 2.75. The lowest BCUT2D eigenvalue weighted by Gasteiger charge is -2.26. The van der Waals surface area contributed by atoms with E-state index in [-0.39, 0.29) is 9.92 Å². The van der Waals surface area contributed by atoms with E-state index in [0.717, 1.165) is 12.1 Å². The summed E-state index contributed by atoms with van der Waals surface area (Å²) in [6.45, 7) is 0.873. The van der Waals surface area contributed by atoms with E-state index < -0.39 is 39.9 Å². The zero-order chi connectivity index (χ0) is 24.4. The van der Waals surface area contributed by atoms with Crippen molar-refractivity contribution >= 4 is 50.5 Å². The van der Waals surface area contributed by atoms with Crippen molar-refractivity contribution in [3.63, 3.8) is 0 Å². The Hall–Kier alpha value is -2.75. The smallest absolute Gasteiger partial charge is 0.324 e. The van der Waals surface area contributed by atoms with Crippen LogP contribution in [0.1, 0.15) is 11.1 Å². The van der Waals surface area contributed by atoms with E-state index in [2.05, 4.69) is 5.32 Å². The van der Waals surface area contributed by atoms with E-state index in [1.54, 1.807) is 25.1 Å². The van der Waals surface area contributed by atoms with Gasteiger partial charge < -0.3 is 5.32 Å². The van der Waals surface area contributed by atoms with Crippen LogP contribution in [0.15, 0.2) is 71.6 Å². The molecule has 1 N–H and O–H groups in total. The number of anilines is 2. The number of alkyl halides is 3. The van der Waals surface area contributed by atoms with Gasteiger partial charge in [0.2, 0.25) is 5.91 Å². The van der Waals surface area contributed by atoms with Crippen molar-refractivity contribution in [2.24, 2.45) is 0 Å². The molecule has 0 saturated heterocycles. The Bertz CT molecular complexity index is 1280. The van der Waals surface area contributed by atoms with E-state index in [4.69, 9.17) is 23.2 Å². The van der Waals surface area contributed by atoms with Gasteiger partial charge in [-0.1, -0.05) is 47.5 Å². The monoisotopic (exact) mass is 516 g/mol. The Morgan fingerprint density at radius 1 is 1.00 bits per heavy atom. The van der Waals surface area contributed by atoms with Gasteiger partial charge >= 0.3 is 6.18 Å². The minimum absolute atomic E-state index is 0.217. The van der Waals surface area contributed by atoms with Crippen LogP contribution < -0.4 is 9.62 Å². The van der Waals surface area contributed by atoms with Crippen LogP contribution in [-0.4, -0.2) is 20.9 Å². The summed E-state index contributed by atoms with van der Waals surface area (Å²) < 4.78 is 67.2. The number of amides is 1. The number of aryl methyl sites for hydroxylation is 1. The highest BCUT2D eigenvalue weighted by atomic mass is 35.5. The van der Waals surface area contributed by atoms with Gasteiger partial charge in [-0.2, -0.15) is 13.2 Å². The van der Waals surface area contributed by atoms with Crippen LogP contribution in [-0.2, 0) is 21.0 Å². The second-order valence-electron chi connectivity index (χ2n) is 7.00. The first-order valence-corrected chi connectivity index (χ1v) is 11.6. The minimum atomic E-state index is -4.75. The predicted molar refractivity (Wildman–Crippen MR) is 122 cm³/mol. The Labute approximate surface area is 198 Å². The molecule has 3 aromatic carbocycles. The maximum absolute atomic E-state index is 13.3. The zero-order valence-electron chi connectivity index (χ0n) is 17.0. The summed E-state index contributed by atoms with van der Waals surface area (Å²) in [7, 11) is -4.45. The minimum Gasteiger partial charge on any atom is -0.324 e. The second kappa shape index (κ2) is 9.62. The summed E-state index contributed by atoms with van der Waals surface area (Å²) in [4.78, 5) is 12.6. The largest absolute Gasteiger partial charge is 0.416 e. The number of benzene rings is 3. The van der Waals surface area contributed by atoms with Crippen molar-refractivity contribution in [1.29, 1.82) is 0 Å².